The molecule has 126 valence electrons. The summed E-state index contributed by atoms with van der Waals surface area (Å²) in [7, 11) is -3.14. The lowest BCUT2D eigenvalue weighted by Gasteiger charge is -2.11. The molecule has 1 heterocycles. The molecular formula is C13H25N5O2S2. The second-order valence-electron chi connectivity index (χ2n) is 4.49. The summed E-state index contributed by atoms with van der Waals surface area (Å²) in [6.45, 7) is 7.76. The molecule has 0 fully saturated rings. The van der Waals surface area contributed by atoms with Gasteiger partial charge in [0.05, 0.1) is 12.3 Å². The smallest absolute Gasteiger partial charge is 0.211 e. The van der Waals surface area contributed by atoms with Gasteiger partial charge in [-0.2, -0.15) is 0 Å². The van der Waals surface area contributed by atoms with Crippen LogP contribution in [0, 0.1) is 0 Å². The Labute approximate surface area is 136 Å². The summed E-state index contributed by atoms with van der Waals surface area (Å²) < 4.78 is 25.1. The molecule has 1 aromatic rings. The van der Waals surface area contributed by atoms with E-state index in [1.54, 1.807) is 18.3 Å². The van der Waals surface area contributed by atoms with Crippen molar-refractivity contribution in [3.63, 3.8) is 0 Å². The minimum atomic E-state index is -3.14. The molecular weight excluding hydrogens is 322 g/mol. The first-order chi connectivity index (χ1) is 10.5. The minimum absolute atomic E-state index is 0.0883. The van der Waals surface area contributed by atoms with Gasteiger partial charge in [-0.05, 0) is 20.3 Å². The van der Waals surface area contributed by atoms with Crippen LogP contribution in [0.3, 0.4) is 0 Å². The Morgan fingerprint density at radius 1 is 1.27 bits per heavy atom. The number of guanidine groups is 1. The lowest BCUT2D eigenvalue weighted by Crippen LogP contribution is -2.41. The van der Waals surface area contributed by atoms with Crippen LogP contribution in [-0.4, -0.2) is 44.7 Å². The van der Waals surface area contributed by atoms with E-state index in [1.807, 2.05) is 13.1 Å². The first-order valence-corrected chi connectivity index (χ1v) is 9.90. The van der Waals surface area contributed by atoms with Gasteiger partial charge in [0, 0.05) is 30.7 Å². The normalized spacial score (nSPS) is 12.4. The fourth-order valence-electron chi connectivity index (χ4n) is 1.56. The lowest BCUT2D eigenvalue weighted by atomic mass is 10.4. The Kier molecular flexibility index (Phi) is 8.36. The first-order valence-electron chi connectivity index (χ1n) is 7.43. The van der Waals surface area contributed by atoms with E-state index in [0.717, 1.165) is 18.0 Å². The van der Waals surface area contributed by atoms with Crippen LogP contribution in [0.15, 0.2) is 11.2 Å². The summed E-state index contributed by atoms with van der Waals surface area (Å²) in [6, 6.07) is 0. The van der Waals surface area contributed by atoms with E-state index in [4.69, 9.17) is 0 Å². The molecule has 0 amide bonds. The van der Waals surface area contributed by atoms with Gasteiger partial charge in [0.1, 0.15) is 5.01 Å². The number of hydrogen-bond donors (Lipinski definition) is 3. The molecule has 0 saturated carbocycles. The van der Waals surface area contributed by atoms with Crippen molar-refractivity contribution < 1.29 is 8.42 Å². The monoisotopic (exact) mass is 347 g/mol. The van der Waals surface area contributed by atoms with Crippen LogP contribution in [0.1, 0.15) is 30.7 Å². The van der Waals surface area contributed by atoms with Crippen LogP contribution in [0.5, 0.6) is 0 Å². The third-order valence-corrected chi connectivity index (χ3v) is 5.32. The van der Waals surface area contributed by atoms with Gasteiger partial charge in [-0.15, -0.1) is 11.3 Å². The molecule has 0 aromatic carbocycles. The van der Waals surface area contributed by atoms with Gasteiger partial charge < -0.3 is 10.6 Å². The van der Waals surface area contributed by atoms with E-state index in [-0.39, 0.29) is 5.75 Å². The van der Waals surface area contributed by atoms with Crippen LogP contribution in [0.4, 0.5) is 0 Å². The molecule has 0 spiro atoms. The number of sulfonamides is 1. The van der Waals surface area contributed by atoms with E-state index < -0.39 is 10.0 Å². The van der Waals surface area contributed by atoms with Crippen molar-refractivity contribution in [2.75, 3.05) is 25.4 Å². The largest absolute Gasteiger partial charge is 0.357 e. The Morgan fingerprint density at radius 2 is 2.05 bits per heavy atom. The quantitative estimate of drug-likeness (QED) is 0.347. The SMILES string of the molecule is CCNC(=NCc1ncc(CC)s1)NCCNS(=O)(=O)CC. The molecule has 0 aliphatic heterocycles. The second kappa shape index (κ2) is 9.75. The fraction of sp³-hybridized carbons (Fsp3) is 0.692. The number of nitrogens with zero attached hydrogens (tertiary/aromatic N) is 2. The molecule has 0 saturated heterocycles. The van der Waals surface area contributed by atoms with Crippen molar-refractivity contribution in [2.24, 2.45) is 4.99 Å². The molecule has 3 N–H and O–H groups in total. The molecule has 7 nitrogen and oxygen atoms in total. The van der Waals surface area contributed by atoms with Crippen LogP contribution < -0.4 is 15.4 Å². The third-order valence-electron chi connectivity index (χ3n) is 2.79. The van der Waals surface area contributed by atoms with Crippen LogP contribution in [0.2, 0.25) is 0 Å². The lowest BCUT2D eigenvalue weighted by molar-refractivity contribution is 0.582. The van der Waals surface area contributed by atoms with Crippen molar-refractivity contribution in [3.05, 3.63) is 16.1 Å². The van der Waals surface area contributed by atoms with E-state index in [2.05, 4.69) is 32.3 Å². The maximum atomic E-state index is 11.3. The third kappa shape index (κ3) is 7.19. The van der Waals surface area contributed by atoms with Crippen molar-refractivity contribution in [1.29, 1.82) is 0 Å². The Hall–Kier alpha value is -1.19. The summed E-state index contributed by atoms with van der Waals surface area (Å²) in [6.07, 6.45) is 2.87. The molecule has 0 unspecified atom stereocenters. The Bertz CT molecular complexity index is 569. The van der Waals surface area contributed by atoms with E-state index in [0.29, 0.717) is 25.6 Å². The number of thiazole rings is 1. The maximum absolute atomic E-state index is 11.3. The summed E-state index contributed by atoms with van der Waals surface area (Å²) >= 11 is 1.66. The van der Waals surface area contributed by atoms with Crippen LogP contribution in [-0.2, 0) is 23.0 Å². The van der Waals surface area contributed by atoms with Gasteiger partial charge in [-0.1, -0.05) is 6.92 Å². The highest BCUT2D eigenvalue weighted by Gasteiger charge is 2.05. The van der Waals surface area contributed by atoms with Gasteiger partial charge in [-0.3, -0.25) is 0 Å². The van der Waals surface area contributed by atoms with Crippen molar-refractivity contribution >= 4 is 27.3 Å². The summed E-state index contributed by atoms with van der Waals surface area (Å²) in [5.74, 6) is 0.747. The summed E-state index contributed by atoms with van der Waals surface area (Å²) in [4.78, 5) is 10.0. The fourth-order valence-corrected chi connectivity index (χ4v) is 2.97. The number of nitrogens with one attached hydrogen (secondary N) is 3. The number of hydrogen-bond acceptors (Lipinski definition) is 5. The van der Waals surface area contributed by atoms with Gasteiger partial charge >= 0.3 is 0 Å². The maximum Gasteiger partial charge on any atom is 0.211 e. The Morgan fingerprint density at radius 3 is 2.64 bits per heavy atom. The predicted octanol–water partition coefficient (Wildman–Crippen LogP) is 0.700. The summed E-state index contributed by atoms with van der Waals surface area (Å²) in [5.41, 5.74) is 0. The predicted molar refractivity (Wildman–Crippen MR) is 91.8 cm³/mol. The number of aliphatic imine (C=N–C) groups is 1. The van der Waals surface area contributed by atoms with Crippen molar-refractivity contribution in [3.8, 4) is 0 Å². The van der Waals surface area contributed by atoms with Gasteiger partial charge in [0.15, 0.2) is 5.96 Å². The highest BCUT2D eigenvalue weighted by Crippen LogP contribution is 2.13. The number of aryl methyl sites for hydroxylation is 1. The first kappa shape index (κ1) is 18.9. The standard InChI is InChI=1S/C13H25N5O2S2/c1-4-11-9-16-12(21-11)10-17-13(14-5-2)15-7-8-18-22(19,20)6-3/h9,18H,4-8,10H2,1-3H3,(H2,14,15,17). The van der Waals surface area contributed by atoms with Crippen molar-refractivity contribution in [2.45, 2.75) is 33.7 Å². The van der Waals surface area contributed by atoms with Crippen LogP contribution in [0.25, 0.3) is 0 Å². The molecule has 22 heavy (non-hydrogen) atoms. The zero-order valence-electron chi connectivity index (χ0n) is 13.3. The van der Waals surface area contributed by atoms with Gasteiger partial charge in [0.25, 0.3) is 0 Å². The topological polar surface area (TPSA) is 95.5 Å². The molecule has 0 aliphatic rings. The Balaban J connectivity index is 2.45. The zero-order valence-corrected chi connectivity index (χ0v) is 15.0. The molecule has 0 aliphatic carbocycles. The van der Waals surface area contributed by atoms with E-state index >= 15 is 0 Å². The van der Waals surface area contributed by atoms with Crippen molar-refractivity contribution in [1.82, 2.24) is 20.3 Å². The zero-order chi connectivity index (χ0) is 16.4. The molecule has 1 rings (SSSR count). The van der Waals surface area contributed by atoms with Gasteiger partial charge in [0.2, 0.25) is 10.0 Å². The average Bonchev–Trinajstić information content (AvgIpc) is 2.97. The number of aromatic nitrogens is 1. The molecule has 0 atom stereocenters. The minimum Gasteiger partial charge on any atom is -0.357 e. The second-order valence-corrected chi connectivity index (χ2v) is 7.79. The highest BCUT2D eigenvalue weighted by molar-refractivity contribution is 7.89. The average molecular weight is 348 g/mol. The summed E-state index contributed by atoms with van der Waals surface area (Å²) in [5, 5.41) is 7.19. The van der Waals surface area contributed by atoms with Crippen LogP contribution >= 0.6 is 11.3 Å². The molecule has 9 heteroatoms. The van der Waals surface area contributed by atoms with E-state index in [9.17, 15) is 8.42 Å². The van der Waals surface area contributed by atoms with Gasteiger partial charge in [-0.25, -0.2) is 23.1 Å². The molecule has 0 radical (unpaired) electrons. The highest BCUT2D eigenvalue weighted by atomic mass is 32.2. The number of rotatable bonds is 9. The van der Waals surface area contributed by atoms with E-state index in [1.165, 1.54) is 4.88 Å². The molecule has 1 aromatic heterocycles. The molecule has 0 bridgehead atoms.